The Morgan fingerprint density at radius 1 is 1.35 bits per heavy atom. The molecule has 2 aromatic heterocycles. The van der Waals surface area contributed by atoms with Gasteiger partial charge in [0.2, 0.25) is 5.62 Å². The van der Waals surface area contributed by atoms with Crippen LogP contribution in [0, 0.1) is 0 Å². The highest BCUT2D eigenvalue weighted by Gasteiger charge is 2.16. The van der Waals surface area contributed by atoms with Crippen molar-refractivity contribution >= 4 is 34.2 Å². The number of amides is 1. The van der Waals surface area contributed by atoms with Crippen LogP contribution in [-0.4, -0.2) is 27.0 Å². The van der Waals surface area contributed by atoms with Crippen LogP contribution < -0.4 is 10.9 Å². The Morgan fingerprint density at radius 2 is 2.26 bits per heavy atom. The Bertz CT molecular complexity index is 981. The van der Waals surface area contributed by atoms with E-state index in [-0.39, 0.29) is 5.91 Å². The van der Waals surface area contributed by atoms with Crippen LogP contribution in [0.4, 0.5) is 5.82 Å². The van der Waals surface area contributed by atoms with Crippen molar-refractivity contribution in [1.29, 1.82) is 0 Å². The Hall–Kier alpha value is -2.73. The number of fused-ring (bicyclic) bond motifs is 3. The van der Waals surface area contributed by atoms with Crippen LogP contribution >= 0.6 is 11.6 Å². The van der Waals surface area contributed by atoms with E-state index in [0.717, 1.165) is 17.7 Å². The van der Waals surface area contributed by atoms with Crippen molar-refractivity contribution in [2.75, 3.05) is 11.9 Å². The van der Waals surface area contributed by atoms with Crippen LogP contribution in [0.1, 0.15) is 10.4 Å². The Morgan fingerprint density at radius 3 is 3.09 bits per heavy atom. The summed E-state index contributed by atoms with van der Waals surface area (Å²) >= 11 is 6.05. The number of rotatable bonds is 1. The number of hydrogen-bond acceptors (Lipinski definition) is 4. The van der Waals surface area contributed by atoms with E-state index >= 15 is 0 Å². The summed E-state index contributed by atoms with van der Waals surface area (Å²) in [5, 5.41) is 4.87. The lowest BCUT2D eigenvalue weighted by atomic mass is 10.2. The topological polar surface area (TPSA) is 72.2 Å². The molecule has 0 aliphatic carbocycles. The van der Waals surface area contributed by atoms with Crippen molar-refractivity contribution in [2.45, 2.75) is 6.54 Å². The zero-order chi connectivity index (χ0) is 15.8. The fourth-order valence-electron chi connectivity index (χ4n) is 2.63. The zero-order valence-corrected chi connectivity index (χ0v) is 12.8. The quantitative estimate of drug-likeness (QED) is 0.745. The molecule has 0 saturated heterocycles. The van der Waals surface area contributed by atoms with E-state index in [1.807, 2.05) is 16.7 Å². The molecule has 1 N–H and O–H groups in total. The zero-order valence-electron chi connectivity index (χ0n) is 12.0. The summed E-state index contributed by atoms with van der Waals surface area (Å²) in [6.45, 7) is 1.48. The van der Waals surface area contributed by atoms with Gasteiger partial charge in [-0.15, -0.1) is 0 Å². The predicted molar refractivity (Wildman–Crippen MR) is 87.4 cm³/mol. The van der Waals surface area contributed by atoms with Crippen LogP contribution in [-0.2, 0) is 6.54 Å². The summed E-state index contributed by atoms with van der Waals surface area (Å²) in [5.41, 5.74) is 1.50. The number of carbonyl (C=O) groups excluding carboxylic acids is 1. The van der Waals surface area contributed by atoms with Gasteiger partial charge in [0.15, 0.2) is 0 Å². The molecule has 7 heteroatoms. The van der Waals surface area contributed by atoms with E-state index in [2.05, 4.69) is 20.3 Å². The van der Waals surface area contributed by atoms with E-state index in [1.54, 1.807) is 24.4 Å². The molecule has 4 rings (SSSR count). The molecule has 0 unspecified atom stereocenters. The second-order valence-electron chi connectivity index (χ2n) is 5.16. The number of nitrogens with one attached hydrogen (secondary N) is 1. The van der Waals surface area contributed by atoms with Crippen LogP contribution in [0.2, 0.25) is 5.02 Å². The van der Waals surface area contributed by atoms with Crippen LogP contribution in [0.15, 0.2) is 47.7 Å². The normalized spacial score (nSPS) is 13.9. The van der Waals surface area contributed by atoms with Gasteiger partial charge in [0.25, 0.3) is 5.91 Å². The number of aromatic nitrogens is 3. The van der Waals surface area contributed by atoms with Crippen LogP contribution in [0.3, 0.4) is 0 Å². The summed E-state index contributed by atoms with van der Waals surface area (Å²) in [5.74, 6) is 0.540. The van der Waals surface area contributed by atoms with Crippen molar-refractivity contribution in [3.63, 3.8) is 0 Å². The minimum atomic E-state index is -0.367. The molecule has 0 fully saturated rings. The summed E-state index contributed by atoms with van der Waals surface area (Å²) < 4.78 is 1.91. The van der Waals surface area contributed by atoms with Gasteiger partial charge in [-0.1, -0.05) is 11.6 Å². The first-order chi connectivity index (χ1) is 11.2. The number of anilines is 1. The van der Waals surface area contributed by atoms with Gasteiger partial charge in [0, 0.05) is 35.9 Å². The maximum absolute atomic E-state index is 12.3. The largest absolute Gasteiger partial charge is 0.369 e. The average molecular weight is 326 g/mol. The smallest absolute Gasteiger partial charge is 0.281 e. The molecule has 0 atom stereocenters. The minimum Gasteiger partial charge on any atom is -0.369 e. The molecule has 0 saturated carbocycles. The van der Waals surface area contributed by atoms with Crippen molar-refractivity contribution < 1.29 is 4.79 Å². The number of pyridine rings is 1. The van der Waals surface area contributed by atoms with Gasteiger partial charge in [0.05, 0.1) is 11.1 Å². The summed E-state index contributed by atoms with van der Waals surface area (Å²) in [7, 11) is 0. The molecule has 0 spiro atoms. The van der Waals surface area contributed by atoms with E-state index in [0.29, 0.717) is 28.3 Å². The third kappa shape index (κ3) is 2.47. The molecular weight excluding hydrogens is 314 g/mol. The van der Waals surface area contributed by atoms with Gasteiger partial charge in [-0.3, -0.25) is 14.3 Å². The first-order valence-corrected chi connectivity index (χ1v) is 7.53. The number of nitrogens with zero attached hydrogens (tertiary/aromatic N) is 4. The Balaban J connectivity index is 1.93. The van der Waals surface area contributed by atoms with E-state index < -0.39 is 0 Å². The molecular formula is C16H12ClN5O. The van der Waals surface area contributed by atoms with Crippen molar-refractivity contribution in [3.05, 3.63) is 58.9 Å². The molecule has 114 valence electrons. The maximum atomic E-state index is 12.3. The summed E-state index contributed by atoms with van der Waals surface area (Å²) in [6, 6.07) is 8.90. The molecule has 0 bridgehead atoms. The lowest BCUT2D eigenvalue weighted by Crippen LogP contribution is -2.24. The molecule has 6 nitrogen and oxygen atoms in total. The third-order valence-corrected chi connectivity index (χ3v) is 3.92. The second kappa shape index (κ2) is 5.48. The molecule has 3 aromatic rings. The minimum absolute atomic E-state index is 0.367. The van der Waals surface area contributed by atoms with Gasteiger partial charge in [-0.05, 0) is 30.3 Å². The molecule has 23 heavy (non-hydrogen) atoms. The fraction of sp³-hybridized carbons (Fsp3) is 0.125. The molecule has 1 amide bonds. The lowest BCUT2D eigenvalue weighted by Gasteiger charge is -2.08. The standard InChI is InChI=1S/C16H12ClN5O/c17-11-3-4-12-13(8-11)20-16(22-7-6-19-14(12)22)21-15(23)10-2-1-5-18-9-10/h1-5,8-9,19H,6-7H2. The molecule has 0 radical (unpaired) electrons. The van der Waals surface area contributed by atoms with Gasteiger partial charge < -0.3 is 5.32 Å². The highest BCUT2D eigenvalue weighted by molar-refractivity contribution is 6.31. The molecule has 1 aliphatic heterocycles. The van der Waals surface area contributed by atoms with Gasteiger partial charge >= 0.3 is 0 Å². The van der Waals surface area contributed by atoms with Crippen molar-refractivity contribution in [2.24, 2.45) is 4.99 Å². The Kier molecular flexibility index (Phi) is 3.31. The molecule has 1 aliphatic rings. The predicted octanol–water partition coefficient (Wildman–Crippen LogP) is 2.25. The first-order valence-electron chi connectivity index (χ1n) is 7.15. The highest BCUT2D eigenvalue weighted by Crippen LogP contribution is 2.25. The van der Waals surface area contributed by atoms with Crippen LogP contribution in [0.25, 0.3) is 10.9 Å². The Labute approximate surface area is 136 Å². The molecule has 3 heterocycles. The summed E-state index contributed by atoms with van der Waals surface area (Å²) in [4.78, 5) is 24.9. The monoisotopic (exact) mass is 325 g/mol. The fourth-order valence-corrected chi connectivity index (χ4v) is 2.80. The van der Waals surface area contributed by atoms with E-state index in [9.17, 15) is 4.79 Å². The van der Waals surface area contributed by atoms with Gasteiger partial charge in [-0.2, -0.15) is 4.99 Å². The van der Waals surface area contributed by atoms with Crippen molar-refractivity contribution in [3.8, 4) is 0 Å². The maximum Gasteiger partial charge on any atom is 0.281 e. The number of benzene rings is 1. The lowest BCUT2D eigenvalue weighted by molar-refractivity contribution is 0.0996. The third-order valence-electron chi connectivity index (χ3n) is 3.68. The van der Waals surface area contributed by atoms with E-state index in [1.165, 1.54) is 6.20 Å². The van der Waals surface area contributed by atoms with E-state index in [4.69, 9.17) is 11.6 Å². The average Bonchev–Trinajstić information content (AvgIpc) is 3.05. The second-order valence-corrected chi connectivity index (χ2v) is 5.60. The number of halogens is 1. The molecule has 1 aromatic carbocycles. The summed E-state index contributed by atoms with van der Waals surface area (Å²) in [6.07, 6.45) is 3.11. The highest BCUT2D eigenvalue weighted by atomic mass is 35.5. The van der Waals surface area contributed by atoms with Crippen molar-refractivity contribution in [1.82, 2.24) is 14.5 Å². The first kappa shape index (κ1) is 13.9. The van der Waals surface area contributed by atoms with Crippen LogP contribution in [0.5, 0.6) is 0 Å². The van der Waals surface area contributed by atoms with Gasteiger partial charge in [-0.25, -0.2) is 4.98 Å². The number of carbonyl (C=O) groups is 1. The van der Waals surface area contributed by atoms with Gasteiger partial charge in [0.1, 0.15) is 5.82 Å². The number of hydrogen-bond donors (Lipinski definition) is 1. The SMILES string of the molecule is O=C(N=c1nc2cc(Cl)ccc2c2n1CCN2)c1cccnc1.